The monoisotopic (exact) mass is 309 g/mol. The van der Waals surface area contributed by atoms with Crippen molar-refractivity contribution in [2.45, 2.75) is 11.4 Å². The lowest BCUT2D eigenvalue weighted by Crippen LogP contribution is -2.28. The van der Waals surface area contributed by atoms with Crippen LogP contribution in [0.1, 0.15) is 5.56 Å². The standard InChI is InChI=1S/C14H16FN3O2S/c1-18(10-11-6-2-3-7-12(11)15)21(19,20)14-9-5-4-8-13(14)17-16/h2-9,17H,10,16H2,1H3. The molecular formula is C14H16FN3O2S. The van der Waals surface area contributed by atoms with E-state index in [-0.39, 0.29) is 17.1 Å². The minimum absolute atomic E-state index is 0.0475. The summed E-state index contributed by atoms with van der Waals surface area (Å²) in [6.45, 7) is -0.0616. The van der Waals surface area contributed by atoms with Gasteiger partial charge >= 0.3 is 0 Å². The molecule has 5 nitrogen and oxygen atoms in total. The first kappa shape index (κ1) is 15.4. The molecular weight excluding hydrogens is 293 g/mol. The Labute approximate surface area is 123 Å². The fraction of sp³-hybridized carbons (Fsp3) is 0.143. The number of para-hydroxylation sites is 1. The van der Waals surface area contributed by atoms with E-state index in [1.807, 2.05) is 0 Å². The highest BCUT2D eigenvalue weighted by atomic mass is 32.2. The van der Waals surface area contributed by atoms with Crippen LogP contribution in [0, 0.1) is 5.82 Å². The molecule has 2 rings (SSSR count). The van der Waals surface area contributed by atoms with E-state index in [0.29, 0.717) is 5.56 Å². The van der Waals surface area contributed by atoms with Gasteiger partial charge in [0.25, 0.3) is 0 Å². The highest BCUT2D eigenvalue weighted by Crippen LogP contribution is 2.24. The molecule has 21 heavy (non-hydrogen) atoms. The van der Waals surface area contributed by atoms with Gasteiger partial charge in [-0.15, -0.1) is 0 Å². The molecule has 0 saturated heterocycles. The summed E-state index contributed by atoms with van der Waals surface area (Å²) in [5, 5.41) is 0. The summed E-state index contributed by atoms with van der Waals surface area (Å²) in [6, 6.07) is 12.3. The lowest BCUT2D eigenvalue weighted by Gasteiger charge is -2.19. The molecule has 0 atom stereocenters. The van der Waals surface area contributed by atoms with Crippen molar-refractivity contribution in [3.05, 3.63) is 59.9 Å². The SMILES string of the molecule is CN(Cc1ccccc1F)S(=O)(=O)c1ccccc1NN. The zero-order chi connectivity index (χ0) is 15.5. The fourth-order valence-corrected chi connectivity index (χ4v) is 3.23. The maximum absolute atomic E-state index is 13.6. The zero-order valence-corrected chi connectivity index (χ0v) is 12.3. The predicted octanol–water partition coefficient (Wildman–Crippen LogP) is 1.93. The summed E-state index contributed by atoms with van der Waals surface area (Å²) in [7, 11) is -2.37. The molecule has 0 saturated carbocycles. The summed E-state index contributed by atoms with van der Waals surface area (Å²) in [5.74, 6) is 4.89. The largest absolute Gasteiger partial charge is 0.323 e. The van der Waals surface area contributed by atoms with Crippen LogP contribution < -0.4 is 11.3 Å². The molecule has 0 aliphatic carbocycles. The Morgan fingerprint density at radius 1 is 1.14 bits per heavy atom. The fourth-order valence-electron chi connectivity index (χ4n) is 1.93. The molecule has 0 radical (unpaired) electrons. The third kappa shape index (κ3) is 3.21. The van der Waals surface area contributed by atoms with E-state index in [2.05, 4.69) is 5.43 Å². The van der Waals surface area contributed by atoms with Gasteiger partial charge in [0.15, 0.2) is 0 Å². The predicted molar refractivity (Wildman–Crippen MR) is 79.3 cm³/mol. The summed E-state index contributed by atoms with van der Waals surface area (Å²) >= 11 is 0. The van der Waals surface area contributed by atoms with E-state index in [1.54, 1.807) is 36.4 Å². The smallest absolute Gasteiger partial charge is 0.245 e. The topological polar surface area (TPSA) is 75.4 Å². The minimum atomic E-state index is -3.77. The number of benzene rings is 2. The number of anilines is 1. The molecule has 2 aromatic rings. The Morgan fingerprint density at radius 2 is 1.76 bits per heavy atom. The Balaban J connectivity index is 2.33. The lowest BCUT2D eigenvalue weighted by molar-refractivity contribution is 0.456. The van der Waals surface area contributed by atoms with E-state index < -0.39 is 15.8 Å². The normalized spacial score (nSPS) is 11.6. The van der Waals surface area contributed by atoms with E-state index >= 15 is 0 Å². The first-order valence-corrected chi connectivity index (χ1v) is 7.66. The molecule has 0 heterocycles. The third-order valence-electron chi connectivity index (χ3n) is 3.08. The van der Waals surface area contributed by atoms with E-state index in [9.17, 15) is 12.8 Å². The number of hydrogen-bond donors (Lipinski definition) is 2. The average molecular weight is 309 g/mol. The van der Waals surface area contributed by atoms with Gasteiger partial charge in [-0.3, -0.25) is 5.84 Å². The highest BCUT2D eigenvalue weighted by molar-refractivity contribution is 7.89. The molecule has 0 aliphatic rings. The molecule has 112 valence electrons. The van der Waals surface area contributed by atoms with Crippen LogP contribution in [0.3, 0.4) is 0 Å². The summed E-state index contributed by atoms with van der Waals surface area (Å²) in [4.78, 5) is 0.0475. The van der Waals surface area contributed by atoms with Gasteiger partial charge in [0, 0.05) is 19.2 Å². The quantitative estimate of drug-likeness (QED) is 0.654. The number of nitrogens with zero attached hydrogens (tertiary/aromatic N) is 1. The maximum atomic E-state index is 13.6. The Hall–Kier alpha value is -1.96. The molecule has 0 bridgehead atoms. The minimum Gasteiger partial charge on any atom is -0.323 e. The number of rotatable bonds is 5. The van der Waals surface area contributed by atoms with E-state index in [4.69, 9.17) is 5.84 Å². The molecule has 0 aliphatic heterocycles. The molecule has 2 aromatic carbocycles. The van der Waals surface area contributed by atoms with Crippen LogP contribution in [0.4, 0.5) is 10.1 Å². The first-order valence-electron chi connectivity index (χ1n) is 6.22. The van der Waals surface area contributed by atoms with Crippen LogP contribution in [0.15, 0.2) is 53.4 Å². The van der Waals surface area contributed by atoms with Gasteiger partial charge in [-0.2, -0.15) is 4.31 Å². The third-order valence-corrected chi connectivity index (χ3v) is 4.94. The second kappa shape index (κ2) is 6.21. The van der Waals surface area contributed by atoms with Crippen LogP contribution in [0.25, 0.3) is 0 Å². The Bertz CT molecular complexity index is 735. The molecule has 0 amide bonds. The van der Waals surface area contributed by atoms with Crippen molar-refractivity contribution < 1.29 is 12.8 Å². The molecule has 0 aromatic heterocycles. The van der Waals surface area contributed by atoms with Gasteiger partial charge in [0.1, 0.15) is 10.7 Å². The van der Waals surface area contributed by atoms with Crippen molar-refractivity contribution in [3.63, 3.8) is 0 Å². The summed E-state index contributed by atoms with van der Waals surface area (Å²) in [6.07, 6.45) is 0. The number of sulfonamides is 1. The highest BCUT2D eigenvalue weighted by Gasteiger charge is 2.24. The van der Waals surface area contributed by atoms with Crippen LogP contribution in [-0.2, 0) is 16.6 Å². The van der Waals surface area contributed by atoms with Gasteiger partial charge in [0.2, 0.25) is 10.0 Å². The second-order valence-corrected chi connectivity index (χ2v) is 6.51. The number of nitrogens with one attached hydrogen (secondary N) is 1. The molecule has 0 fully saturated rings. The van der Waals surface area contributed by atoms with Gasteiger partial charge in [-0.05, 0) is 18.2 Å². The van der Waals surface area contributed by atoms with Crippen molar-refractivity contribution in [2.24, 2.45) is 5.84 Å². The number of hydrogen-bond acceptors (Lipinski definition) is 4. The van der Waals surface area contributed by atoms with Gasteiger partial charge in [0.05, 0.1) is 5.69 Å². The first-order chi connectivity index (χ1) is 9.96. The Kier molecular flexibility index (Phi) is 4.56. The molecule has 0 unspecified atom stereocenters. The van der Waals surface area contributed by atoms with Gasteiger partial charge < -0.3 is 5.43 Å². The van der Waals surface area contributed by atoms with Gasteiger partial charge in [-0.25, -0.2) is 12.8 Å². The van der Waals surface area contributed by atoms with E-state index in [1.165, 1.54) is 19.2 Å². The van der Waals surface area contributed by atoms with Crippen molar-refractivity contribution >= 4 is 15.7 Å². The van der Waals surface area contributed by atoms with Crippen molar-refractivity contribution in [2.75, 3.05) is 12.5 Å². The number of halogens is 1. The van der Waals surface area contributed by atoms with Crippen molar-refractivity contribution in [1.82, 2.24) is 4.31 Å². The lowest BCUT2D eigenvalue weighted by atomic mass is 10.2. The Morgan fingerprint density at radius 3 is 2.43 bits per heavy atom. The molecule has 0 spiro atoms. The van der Waals surface area contributed by atoms with Crippen LogP contribution in [0.5, 0.6) is 0 Å². The van der Waals surface area contributed by atoms with Gasteiger partial charge in [-0.1, -0.05) is 30.3 Å². The average Bonchev–Trinajstić information content (AvgIpc) is 2.49. The van der Waals surface area contributed by atoms with Crippen LogP contribution >= 0.6 is 0 Å². The summed E-state index contributed by atoms with van der Waals surface area (Å²) < 4.78 is 39.8. The second-order valence-electron chi connectivity index (χ2n) is 4.49. The maximum Gasteiger partial charge on any atom is 0.245 e. The van der Waals surface area contributed by atoms with Crippen molar-refractivity contribution in [3.8, 4) is 0 Å². The number of nitrogens with two attached hydrogens (primary N) is 1. The number of hydrazine groups is 1. The molecule has 7 heteroatoms. The molecule has 3 N–H and O–H groups in total. The van der Waals surface area contributed by atoms with Crippen LogP contribution in [0.2, 0.25) is 0 Å². The van der Waals surface area contributed by atoms with Crippen LogP contribution in [-0.4, -0.2) is 19.8 Å². The van der Waals surface area contributed by atoms with Crippen molar-refractivity contribution in [1.29, 1.82) is 0 Å². The van der Waals surface area contributed by atoms with E-state index in [0.717, 1.165) is 4.31 Å². The zero-order valence-electron chi connectivity index (χ0n) is 11.5. The summed E-state index contributed by atoms with van der Waals surface area (Å²) in [5.41, 5.74) is 2.95. The number of nitrogen functional groups attached to an aromatic ring is 1.